The van der Waals surface area contributed by atoms with Crippen molar-refractivity contribution in [1.82, 2.24) is 0 Å². The van der Waals surface area contributed by atoms with Gasteiger partial charge in [-0.1, -0.05) is 61.4 Å². The van der Waals surface area contributed by atoms with E-state index < -0.39 is 0 Å². The van der Waals surface area contributed by atoms with E-state index in [1.165, 1.54) is 12.8 Å². The van der Waals surface area contributed by atoms with E-state index in [0.717, 1.165) is 72.9 Å². The Kier molecular flexibility index (Phi) is 7.89. The van der Waals surface area contributed by atoms with E-state index in [1.54, 1.807) is 0 Å². The van der Waals surface area contributed by atoms with Crippen molar-refractivity contribution in [3.63, 3.8) is 0 Å². The highest BCUT2D eigenvalue weighted by molar-refractivity contribution is 6.11. The number of rotatable bonds is 8. The van der Waals surface area contributed by atoms with Crippen molar-refractivity contribution >= 4 is 33.5 Å². The summed E-state index contributed by atoms with van der Waals surface area (Å²) in [5.41, 5.74) is 0. The van der Waals surface area contributed by atoms with E-state index in [1.807, 2.05) is 48.5 Å². The van der Waals surface area contributed by atoms with Gasteiger partial charge in [0.1, 0.15) is 23.7 Å². The lowest BCUT2D eigenvalue weighted by molar-refractivity contribution is -0.153. The number of carbonyl (C=O) groups excluding carboxylic acids is 2. The van der Waals surface area contributed by atoms with Gasteiger partial charge in [-0.15, -0.1) is 0 Å². The summed E-state index contributed by atoms with van der Waals surface area (Å²) in [5.74, 6) is 0.527. The number of fused-ring (bicyclic) bond motifs is 2. The summed E-state index contributed by atoms with van der Waals surface area (Å²) >= 11 is 0. The second kappa shape index (κ2) is 11.6. The van der Waals surface area contributed by atoms with Crippen LogP contribution in [0.5, 0.6) is 11.5 Å². The van der Waals surface area contributed by atoms with Gasteiger partial charge in [-0.25, -0.2) is 9.59 Å². The van der Waals surface area contributed by atoms with Crippen molar-refractivity contribution < 1.29 is 28.5 Å². The summed E-state index contributed by atoms with van der Waals surface area (Å²) < 4.78 is 23.5. The average Bonchev–Trinajstić information content (AvgIpc) is 2.91. The lowest BCUT2D eigenvalue weighted by Gasteiger charge is -2.23. The largest absolute Gasteiger partial charge is 0.481 e. The first kappa shape index (κ1) is 24.4. The summed E-state index contributed by atoms with van der Waals surface area (Å²) in [6.07, 6.45) is 10.5. The summed E-state index contributed by atoms with van der Waals surface area (Å²) in [6.45, 7) is -0.309. The van der Waals surface area contributed by atoms with Crippen molar-refractivity contribution in [2.24, 2.45) is 0 Å². The van der Waals surface area contributed by atoms with Crippen LogP contribution in [-0.4, -0.2) is 37.4 Å². The zero-order valence-electron chi connectivity index (χ0n) is 20.7. The van der Waals surface area contributed by atoms with Gasteiger partial charge in [0.15, 0.2) is 13.2 Å². The number of ether oxygens (including phenoxy) is 4. The fourth-order valence-electron chi connectivity index (χ4n) is 5.43. The molecule has 3 aromatic rings. The SMILES string of the molecule is O=C(COc1c2ccccc2c(OCC(=O)OC2CCCCC2)c2ccccc12)OC1CCCCC1. The average molecular weight is 491 g/mol. The first-order chi connectivity index (χ1) is 17.7. The third kappa shape index (κ3) is 5.75. The third-order valence-electron chi connectivity index (χ3n) is 7.20. The summed E-state index contributed by atoms with van der Waals surface area (Å²) in [7, 11) is 0. The summed E-state index contributed by atoms with van der Waals surface area (Å²) in [6, 6.07) is 15.5. The fraction of sp³-hybridized carbons (Fsp3) is 0.467. The molecule has 2 fully saturated rings. The van der Waals surface area contributed by atoms with Gasteiger partial charge in [0, 0.05) is 21.5 Å². The quantitative estimate of drug-likeness (QED) is 0.265. The molecule has 0 spiro atoms. The molecule has 0 unspecified atom stereocenters. The van der Waals surface area contributed by atoms with Gasteiger partial charge in [0.05, 0.1) is 0 Å². The minimum absolute atomic E-state index is 0.00696. The molecule has 2 aliphatic carbocycles. The van der Waals surface area contributed by atoms with Crippen molar-refractivity contribution in [2.75, 3.05) is 13.2 Å². The van der Waals surface area contributed by atoms with Gasteiger partial charge in [-0.2, -0.15) is 0 Å². The molecule has 3 aromatic carbocycles. The zero-order chi connectivity index (χ0) is 24.7. The minimum atomic E-state index is -0.346. The van der Waals surface area contributed by atoms with Crippen molar-refractivity contribution in [2.45, 2.75) is 76.4 Å². The van der Waals surface area contributed by atoms with Crippen molar-refractivity contribution in [3.8, 4) is 11.5 Å². The number of hydrogen-bond donors (Lipinski definition) is 0. The smallest absolute Gasteiger partial charge is 0.344 e. The standard InChI is InChI=1S/C30H34O6/c31-27(35-21-11-3-1-4-12-21)19-33-29-23-15-7-9-17-25(23)30(26-18-10-8-16-24(26)29)34-20-28(32)36-22-13-5-2-6-14-22/h7-10,15-18,21-22H,1-6,11-14,19-20H2. The molecule has 0 saturated heterocycles. The van der Waals surface area contributed by atoms with Crippen LogP contribution in [0.4, 0.5) is 0 Å². The minimum Gasteiger partial charge on any atom is -0.481 e. The molecule has 190 valence electrons. The maximum absolute atomic E-state index is 12.5. The molecule has 0 aromatic heterocycles. The number of hydrogen-bond acceptors (Lipinski definition) is 6. The van der Waals surface area contributed by atoms with Crippen LogP contribution in [0.15, 0.2) is 48.5 Å². The first-order valence-electron chi connectivity index (χ1n) is 13.3. The van der Waals surface area contributed by atoms with Gasteiger partial charge >= 0.3 is 11.9 Å². The van der Waals surface area contributed by atoms with Crippen LogP contribution in [0.2, 0.25) is 0 Å². The van der Waals surface area contributed by atoms with Crippen LogP contribution in [0, 0.1) is 0 Å². The van der Waals surface area contributed by atoms with Gasteiger partial charge < -0.3 is 18.9 Å². The van der Waals surface area contributed by atoms with Gasteiger partial charge in [-0.05, 0) is 51.4 Å². The second-order valence-electron chi connectivity index (χ2n) is 9.83. The maximum atomic E-state index is 12.5. The predicted molar refractivity (Wildman–Crippen MR) is 138 cm³/mol. The molecule has 0 radical (unpaired) electrons. The van der Waals surface area contributed by atoms with Crippen LogP contribution in [0.1, 0.15) is 64.2 Å². The van der Waals surface area contributed by atoms with Crippen LogP contribution in [-0.2, 0) is 19.1 Å². The number of benzene rings is 3. The molecule has 6 nitrogen and oxygen atoms in total. The molecule has 2 saturated carbocycles. The third-order valence-corrected chi connectivity index (χ3v) is 7.20. The normalized spacial score (nSPS) is 17.1. The lowest BCUT2D eigenvalue weighted by atomic mass is 9.98. The molecule has 6 heteroatoms. The van der Waals surface area contributed by atoms with Crippen molar-refractivity contribution in [3.05, 3.63) is 48.5 Å². The van der Waals surface area contributed by atoms with Crippen LogP contribution < -0.4 is 9.47 Å². The predicted octanol–water partition coefficient (Wildman–Crippen LogP) is 6.50. The summed E-state index contributed by atoms with van der Waals surface area (Å²) in [4.78, 5) is 25.1. The monoisotopic (exact) mass is 490 g/mol. The van der Waals surface area contributed by atoms with Crippen molar-refractivity contribution in [1.29, 1.82) is 0 Å². The van der Waals surface area contributed by atoms with Crippen LogP contribution >= 0.6 is 0 Å². The molecule has 2 aliphatic rings. The van der Waals surface area contributed by atoms with E-state index >= 15 is 0 Å². The molecular formula is C30H34O6. The Bertz CT molecular complexity index is 1060. The highest BCUT2D eigenvalue weighted by Crippen LogP contribution is 2.42. The highest BCUT2D eigenvalue weighted by atomic mass is 16.6. The zero-order valence-corrected chi connectivity index (χ0v) is 20.7. The molecule has 0 N–H and O–H groups in total. The maximum Gasteiger partial charge on any atom is 0.344 e. The van der Waals surface area contributed by atoms with Gasteiger partial charge in [0.25, 0.3) is 0 Å². The molecule has 0 atom stereocenters. The molecule has 0 heterocycles. The highest BCUT2D eigenvalue weighted by Gasteiger charge is 2.22. The van der Waals surface area contributed by atoms with Gasteiger partial charge in [0.2, 0.25) is 0 Å². The molecule has 0 amide bonds. The Balaban J connectivity index is 1.36. The van der Waals surface area contributed by atoms with Gasteiger partial charge in [-0.3, -0.25) is 0 Å². The molecule has 5 rings (SSSR count). The topological polar surface area (TPSA) is 71.1 Å². The molecule has 36 heavy (non-hydrogen) atoms. The Morgan fingerprint density at radius 3 is 1.22 bits per heavy atom. The lowest BCUT2D eigenvalue weighted by Crippen LogP contribution is -2.25. The second-order valence-corrected chi connectivity index (χ2v) is 9.83. The number of carbonyl (C=O) groups is 2. The fourth-order valence-corrected chi connectivity index (χ4v) is 5.43. The van der Waals surface area contributed by atoms with E-state index in [2.05, 4.69) is 0 Å². The van der Waals surface area contributed by atoms with E-state index in [-0.39, 0.29) is 37.4 Å². The van der Waals surface area contributed by atoms with E-state index in [9.17, 15) is 9.59 Å². The molecule has 0 aliphatic heterocycles. The Labute approximate surface area is 211 Å². The molecule has 0 bridgehead atoms. The Hall–Kier alpha value is -3.28. The Morgan fingerprint density at radius 1 is 0.556 bits per heavy atom. The Morgan fingerprint density at radius 2 is 0.889 bits per heavy atom. The summed E-state index contributed by atoms with van der Waals surface area (Å²) in [5, 5.41) is 3.27. The van der Waals surface area contributed by atoms with E-state index in [0.29, 0.717) is 11.5 Å². The molecular weight excluding hydrogens is 456 g/mol. The first-order valence-corrected chi connectivity index (χ1v) is 13.3. The van der Waals surface area contributed by atoms with E-state index in [4.69, 9.17) is 18.9 Å². The van der Waals surface area contributed by atoms with Crippen LogP contribution in [0.3, 0.4) is 0 Å². The van der Waals surface area contributed by atoms with Crippen LogP contribution in [0.25, 0.3) is 21.5 Å². The number of esters is 2.